The zero-order valence-electron chi connectivity index (χ0n) is 12.3. The fourth-order valence-electron chi connectivity index (χ4n) is 2.65. The van der Waals surface area contributed by atoms with E-state index in [1.807, 2.05) is 6.20 Å². The van der Waals surface area contributed by atoms with Crippen LogP contribution in [0.3, 0.4) is 0 Å². The smallest absolute Gasteiger partial charge is 0.0534 e. The Hall–Kier alpha value is -0.580. The maximum absolute atomic E-state index is 4.44. The molecule has 110 valence electrons. The van der Waals surface area contributed by atoms with Crippen LogP contribution in [-0.2, 0) is 13.1 Å². The highest BCUT2D eigenvalue weighted by molar-refractivity contribution is 5.85. The summed E-state index contributed by atoms with van der Waals surface area (Å²) in [7, 11) is 2.06. The van der Waals surface area contributed by atoms with Gasteiger partial charge in [0.2, 0.25) is 0 Å². The molecule has 2 heterocycles. The van der Waals surface area contributed by atoms with Crippen LogP contribution in [0.4, 0.5) is 0 Å². The van der Waals surface area contributed by atoms with Crippen molar-refractivity contribution < 1.29 is 0 Å². The van der Waals surface area contributed by atoms with Gasteiger partial charge in [0.1, 0.15) is 0 Å². The Labute approximate surface area is 123 Å². The molecule has 0 amide bonds. The van der Waals surface area contributed by atoms with Crippen molar-refractivity contribution in [1.82, 2.24) is 20.0 Å². The van der Waals surface area contributed by atoms with Crippen LogP contribution in [-0.4, -0.2) is 40.9 Å². The van der Waals surface area contributed by atoms with E-state index in [1.54, 1.807) is 0 Å². The third-order valence-electron chi connectivity index (χ3n) is 3.56. The molecule has 1 saturated heterocycles. The summed E-state index contributed by atoms with van der Waals surface area (Å²) in [6.07, 6.45) is 6.82. The van der Waals surface area contributed by atoms with Crippen molar-refractivity contribution in [2.24, 2.45) is 5.92 Å². The summed E-state index contributed by atoms with van der Waals surface area (Å²) in [5.41, 5.74) is 1.34. The molecule has 0 spiro atoms. The topological polar surface area (TPSA) is 33.1 Å². The van der Waals surface area contributed by atoms with Crippen molar-refractivity contribution in [3.8, 4) is 0 Å². The van der Waals surface area contributed by atoms with Crippen molar-refractivity contribution in [3.63, 3.8) is 0 Å². The highest BCUT2D eigenvalue weighted by atomic mass is 35.5. The predicted octanol–water partition coefficient (Wildman–Crippen LogP) is 2.14. The first-order valence-electron chi connectivity index (χ1n) is 7.08. The van der Waals surface area contributed by atoms with E-state index < -0.39 is 0 Å². The van der Waals surface area contributed by atoms with Gasteiger partial charge in [0.15, 0.2) is 0 Å². The number of nitrogens with zero attached hydrogens (tertiary/aromatic N) is 3. The summed E-state index contributed by atoms with van der Waals surface area (Å²) in [4.78, 5) is 2.53. The van der Waals surface area contributed by atoms with Gasteiger partial charge in [0.25, 0.3) is 0 Å². The molecule has 1 aromatic heterocycles. The van der Waals surface area contributed by atoms with Crippen LogP contribution in [0.2, 0.25) is 0 Å². The van der Waals surface area contributed by atoms with Gasteiger partial charge in [-0.15, -0.1) is 12.4 Å². The highest BCUT2D eigenvalue weighted by Crippen LogP contribution is 2.13. The third kappa shape index (κ3) is 5.13. The van der Waals surface area contributed by atoms with Crippen LogP contribution in [0.5, 0.6) is 0 Å². The number of likely N-dealkylation sites (N-methyl/N-ethyl adjacent to an activating group) is 1. The minimum atomic E-state index is 0. The monoisotopic (exact) mass is 286 g/mol. The summed E-state index contributed by atoms with van der Waals surface area (Å²) in [6, 6.07) is 0.657. The summed E-state index contributed by atoms with van der Waals surface area (Å²) >= 11 is 0. The normalized spacial score (nSPS) is 20.5. The van der Waals surface area contributed by atoms with E-state index in [1.165, 1.54) is 24.9 Å². The highest BCUT2D eigenvalue weighted by Gasteiger charge is 2.18. The molecule has 0 bridgehead atoms. The summed E-state index contributed by atoms with van der Waals surface area (Å²) in [6.45, 7) is 8.88. The second-order valence-electron chi connectivity index (χ2n) is 5.83. The van der Waals surface area contributed by atoms with Gasteiger partial charge in [-0.2, -0.15) is 5.10 Å². The van der Waals surface area contributed by atoms with Gasteiger partial charge in [0.05, 0.1) is 6.20 Å². The number of hydrogen-bond acceptors (Lipinski definition) is 3. The Morgan fingerprint density at radius 2 is 2.26 bits per heavy atom. The largest absolute Gasteiger partial charge is 0.316 e. The van der Waals surface area contributed by atoms with Crippen LogP contribution in [0.1, 0.15) is 32.3 Å². The molecule has 1 aliphatic heterocycles. The zero-order valence-corrected chi connectivity index (χ0v) is 13.1. The van der Waals surface area contributed by atoms with Crippen molar-refractivity contribution in [1.29, 1.82) is 0 Å². The van der Waals surface area contributed by atoms with Crippen LogP contribution in [0.25, 0.3) is 0 Å². The van der Waals surface area contributed by atoms with Crippen molar-refractivity contribution >= 4 is 12.4 Å². The molecular weight excluding hydrogens is 260 g/mol. The maximum Gasteiger partial charge on any atom is 0.0534 e. The molecule has 0 aliphatic carbocycles. The van der Waals surface area contributed by atoms with E-state index in [2.05, 4.69) is 47.1 Å². The lowest BCUT2D eigenvalue weighted by Crippen LogP contribution is -2.43. The second-order valence-corrected chi connectivity index (χ2v) is 5.83. The van der Waals surface area contributed by atoms with Gasteiger partial charge in [0, 0.05) is 37.4 Å². The van der Waals surface area contributed by atoms with Gasteiger partial charge < -0.3 is 5.32 Å². The summed E-state index contributed by atoms with van der Waals surface area (Å²) in [5, 5.41) is 7.82. The Morgan fingerprint density at radius 1 is 1.47 bits per heavy atom. The van der Waals surface area contributed by atoms with Crippen LogP contribution >= 0.6 is 12.4 Å². The third-order valence-corrected chi connectivity index (χ3v) is 3.56. The van der Waals surface area contributed by atoms with E-state index in [0.29, 0.717) is 12.0 Å². The first-order chi connectivity index (χ1) is 8.67. The molecule has 2 rings (SSSR count). The standard InChI is InChI=1S/C14H26N4.ClH/c1-12(2)8-18-10-13(7-16-18)9-17-6-4-5-14(11-17)15-3;/h7,10,12,14-15H,4-6,8-9,11H2,1-3H3;1H. The Morgan fingerprint density at radius 3 is 2.95 bits per heavy atom. The number of nitrogens with one attached hydrogen (secondary N) is 1. The first-order valence-corrected chi connectivity index (χ1v) is 7.08. The van der Waals surface area contributed by atoms with E-state index in [4.69, 9.17) is 0 Å². The molecule has 1 aromatic rings. The Kier molecular flexibility index (Phi) is 6.83. The summed E-state index contributed by atoms with van der Waals surface area (Å²) < 4.78 is 2.07. The molecule has 5 heteroatoms. The number of halogens is 1. The Balaban J connectivity index is 0.00000180. The maximum atomic E-state index is 4.44. The van der Waals surface area contributed by atoms with Gasteiger partial charge >= 0.3 is 0 Å². The molecule has 0 saturated carbocycles. The minimum absolute atomic E-state index is 0. The average molecular weight is 287 g/mol. The van der Waals surface area contributed by atoms with Crippen LogP contribution in [0.15, 0.2) is 12.4 Å². The lowest BCUT2D eigenvalue weighted by atomic mass is 10.1. The van der Waals surface area contributed by atoms with Gasteiger partial charge in [-0.1, -0.05) is 13.8 Å². The van der Waals surface area contributed by atoms with E-state index in [-0.39, 0.29) is 12.4 Å². The molecule has 1 N–H and O–H groups in total. The number of piperidine rings is 1. The predicted molar refractivity (Wildman–Crippen MR) is 81.7 cm³/mol. The van der Waals surface area contributed by atoms with Gasteiger partial charge in [-0.3, -0.25) is 9.58 Å². The molecule has 1 fully saturated rings. The van der Waals surface area contributed by atoms with Crippen molar-refractivity contribution in [2.45, 2.75) is 45.8 Å². The SMILES string of the molecule is CNC1CCCN(Cc2cnn(CC(C)C)c2)C1.Cl. The quantitative estimate of drug-likeness (QED) is 0.900. The first kappa shape index (κ1) is 16.5. The molecule has 1 aliphatic rings. The molecular formula is C14H27ClN4. The molecule has 1 unspecified atom stereocenters. The Bertz CT molecular complexity index is 364. The second kappa shape index (κ2) is 7.88. The van der Waals surface area contributed by atoms with Crippen molar-refractivity contribution in [3.05, 3.63) is 18.0 Å². The molecule has 19 heavy (non-hydrogen) atoms. The molecule has 0 radical (unpaired) electrons. The van der Waals surface area contributed by atoms with Gasteiger partial charge in [-0.25, -0.2) is 0 Å². The fraction of sp³-hybridized carbons (Fsp3) is 0.786. The number of aromatic nitrogens is 2. The molecule has 0 aromatic carbocycles. The minimum Gasteiger partial charge on any atom is -0.316 e. The van der Waals surface area contributed by atoms with E-state index in [9.17, 15) is 0 Å². The van der Waals surface area contributed by atoms with E-state index >= 15 is 0 Å². The van der Waals surface area contributed by atoms with E-state index in [0.717, 1.165) is 19.6 Å². The van der Waals surface area contributed by atoms with Crippen LogP contribution < -0.4 is 5.32 Å². The lowest BCUT2D eigenvalue weighted by Gasteiger charge is -2.32. The van der Waals surface area contributed by atoms with Gasteiger partial charge in [-0.05, 0) is 32.4 Å². The summed E-state index contributed by atoms with van der Waals surface area (Å²) in [5.74, 6) is 0.654. The average Bonchev–Trinajstić information content (AvgIpc) is 2.76. The number of hydrogen-bond donors (Lipinski definition) is 1. The number of likely N-dealkylation sites (tertiary alicyclic amines) is 1. The molecule has 4 nitrogen and oxygen atoms in total. The van der Waals surface area contributed by atoms with Crippen molar-refractivity contribution in [2.75, 3.05) is 20.1 Å². The van der Waals surface area contributed by atoms with Crippen LogP contribution in [0, 0.1) is 5.92 Å². The zero-order chi connectivity index (χ0) is 13.0. The lowest BCUT2D eigenvalue weighted by molar-refractivity contribution is 0.188. The fourth-order valence-corrected chi connectivity index (χ4v) is 2.65. The number of rotatable bonds is 5. The molecule has 1 atom stereocenters.